The number of aryl methyl sites for hydroxylation is 1. The van der Waals surface area contributed by atoms with Crippen molar-refractivity contribution in [3.63, 3.8) is 0 Å². The first kappa shape index (κ1) is 15.0. The SMILES string of the molecule is CC(=O)c1c(C)oc(NC(=O)c2ccc(Br)cc2)c1C#N. The number of rotatable bonds is 3. The predicted molar refractivity (Wildman–Crippen MR) is 80.3 cm³/mol. The summed E-state index contributed by atoms with van der Waals surface area (Å²) in [6.07, 6.45) is 0. The lowest BCUT2D eigenvalue weighted by Crippen LogP contribution is -2.12. The van der Waals surface area contributed by atoms with E-state index in [1.807, 2.05) is 6.07 Å². The van der Waals surface area contributed by atoms with Gasteiger partial charge < -0.3 is 4.42 Å². The molecule has 1 aromatic carbocycles. The van der Waals surface area contributed by atoms with Crippen LogP contribution < -0.4 is 5.32 Å². The molecule has 106 valence electrons. The number of anilines is 1. The number of halogens is 1. The Morgan fingerprint density at radius 3 is 2.43 bits per heavy atom. The Labute approximate surface area is 129 Å². The summed E-state index contributed by atoms with van der Waals surface area (Å²) in [6.45, 7) is 2.92. The standard InChI is InChI=1S/C15H11BrN2O3/c1-8(19)13-9(2)21-15(12(13)7-17)18-14(20)10-3-5-11(16)6-4-10/h3-6H,1-2H3,(H,18,20). The van der Waals surface area contributed by atoms with Crippen LogP contribution in [0.2, 0.25) is 0 Å². The van der Waals surface area contributed by atoms with Crippen molar-refractivity contribution in [1.82, 2.24) is 0 Å². The van der Waals surface area contributed by atoms with Gasteiger partial charge in [0.1, 0.15) is 17.4 Å². The van der Waals surface area contributed by atoms with Crippen LogP contribution in [0.3, 0.4) is 0 Å². The highest BCUT2D eigenvalue weighted by atomic mass is 79.9. The second kappa shape index (κ2) is 5.94. The second-order valence-corrected chi connectivity index (χ2v) is 5.28. The molecule has 0 aliphatic heterocycles. The Hall–Kier alpha value is -2.39. The van der Waals surface area contributed by atoms with Gasteiger partial charge in [0.05, 0.1) is 5.56 Å². The molecule has 6 heteroatoms. The van der Waals surface area contributed by atoms with Crippen molar-refractivity contribution in [1.29, 1.82) is 5.26 Å². The molecular weight excluding hydrogens is 336 g/mol. The number of nitrogens with one attached hydrogen (secondary N) is 1. The fraction of sp³-hybridized carbons (Fsp3) is 0.133. The molecule has 1 amide bonds. The Morgan fingerprint density at radius 2 is 1.90 bits per heavy atom. The van der Waals surface area contributed by atoms with Crippen LogP contribution in [-0.2, 0) is 0 Å². The summed E-state index contributed by atoms with van der Waals surface area (Å²) in [5.74, 6) is -0.391. The first-order chi connectivity index (χ1) is 9.93. The number of furan rings is 1. The molecule has 0 saturated carbocycles. The van der Waals surface area contributed by atoms with Crippen LogP contribution in [0.5, 0.6) is 0 Å². The van der Waals surface area contributed by atoms with Gasteiger partial charge >= 0.3 is 0 Å². The zero-order valence-corrected chi connectivity index (χ0v) is 12.9. The van der Waals surface area contributed by atoms with Crippen molar-refractivity contribution in [3.05, 3.63) is 51.2 Å². The van der Waals surface area contributed by atoms with E-state index >= 15 is 0 Å². The maximum Gasteiger partial charge on any atom is 0.258 e. The minimum Gasteiger partial charge on any atom is -0.443 e. The zero-order valence-electron chi connectivity index (χ0n) is 11.4. The lowest BCUT2D eigenvalue weighted by atomic mass is 10.1. The lowest BCUT2D eigenvalue weighted by Gasteiger charge is -2.02. The van der Waals surface area contributed by atoms with Gasteiger partial charge in [0.2, 0.25) is 5.88 Å². The minimum atomic E-state index is -0.414. The van der Waals surface area contributed by atoms with E-state index in [1.54, 1.807) is 31.2 Å². The average molecular weight is 347 g/mol. The van der Waals surface area contributed by atoms with E-state index < -0.39 is 5.91 Å². The third kappa shape index (κ3) is 3.03. The number of hydrogen-bond acceptors (Lipinski definition) is 4. The molecule has 1 N–H and O–H groups in total. The van der Waals surface area contributed by atoms with E-state index in [-0.39, 0.29) is 22.8 Å². The first-order valence-corrected chi connectivity index (χ1v) is 6.84. The molecule has 0 fully saturated rings. The van der Waals surface area contributed by atoms with E-state index in [0.717, 1.165) is 4.47 Å². The van der Waals surface area contributed by atoms with Crippen molar-refractivity contribution in [2.24, 2.45) is 0 Å². The van der Waals surface area contributed by atoms with Crippen LogP contribution in [-0.4, -0.2) is 11.7 Å². The van der Waals surface area contributed by atoms with Gasteiger partial charge in [-0.05, 0) is 38.1 Å². The van der Waals surface area contributed by atoms with Crippen LogP contribution in [0.1, 0.15) is 39.0 Å². The smallest absolute Gasteiger partial charge is 0.258 e. The summed E-state index contributed by atoms with van der Waals surface area (Å²) in [5.41, 5.74) is 0.662. The number of benzene rings is 1. The molecule has 0 aliphatic carbocycles. The van der Waals surface area contributed by atoms with Gasteiger partial charge in [-0.3, -0.25) is 14.9 Å². The summed E-state index contributed by atoms with van der Waals surface area (Å²) < 4.78 is 6.18. The monoisotopic (exact) mass is 346 g/mol. The fourth-order valence-electron chi connectivity index (χ4n) is 1.94. The quantitative estimate of drug-likeness (QED) is 0.859. The van der Waals surface area contributed by atoms with Crippen LogP contribution in [0, 0.1) is 18.3 Å². The number of hydrogen-bond donors (Lipinski definition) is 1. The molecule has 0 spiro atoms. The molecule has 1 heterocycles. The molecule has 21 heavy (non-hydrogen) atoms. The highest BCUT2D eigenvalue weighted by Gasteiger charge is 2.22. The highest BCUT2D eigenvalue weighted by Crippen LogP contribution is 2.27. The molecule has 0 saturated heterocycles. The molecule has 5 nitrogen and oxygen atoms in total. The van der Waals surface area contributed by atoms with Crippen LogP contribution in [0.15, 0.2) is 33.2 Å². The molecule has 0 atom stereocenters. The third-order valence-corrected chi connectivity index (χ3v) is 3.41. The number of amides is 1. The summed E-state index contributed by atoms with van der Waals surface area (Å²) in [5, 5.41) is 11.7. The van der Waals surface area contributed by atoms with Crippen molar-refractivity contribution in [3.8, 4) is 6.07 Å². The van der Waals surface area contributed by atoms with Crippen molar-refractivity contribution >= 4 is 33.5 Å². The van der Waals surface area contributed by atoms with Gasteiger partial charge in [-0.15, -0.1) is 0 Å². The summed E-state index contributed by atoms with van der Waals surface area (Å²) in [7, 11) is 0. The number of carbonyl (C=O) groups is 2. The number of Topliss-reactive ketones (excluding diaryl/α,β-unsaturated/α-hetero) is 1. The Morgan fingerprint density at radius 1 is 1.29 bits per heavy atom. The Bertz CT molecular complexity index is 754. The average Bonchev–Trinajstić information content (AvgIpc) is 2.75. The maximum atomic E-state index is 12.1. The predicted octanol–water partition coefficient (Wildman–Crippen LogP) is 3.68. The van der Waals surface area contributed by atoms with E-state index in [1.165, 1.54) is 6.92 Å². The fourth-order valence-corrected chi connectivity index (χ4v) is 2.20. The van der Waals surface area contributed by atoms with Crippen molar-refractivity contribution in [2.75, 3.05) is 5.32 Å². The van der Waals surface area contributed by atoms with Crippen LogP contribution >= 0.6 is 15.9 Å². The largest absolute Gasteiger partial charge is 0.443 e. The molecule has 0 aliphatic rings. The molecule has 2 rings (SSSR count). The first-order valence-electron chi connectivity index (χ1n) is 6.05. The number of carbonyl (C=O) groups excluding carboxylic acids is 2. The molecule has 1 aromatic heterocycles. The maximum absolute atomic E-state index is 12.1. The van der Waals surface area contributed by atoms with Gasteiger partial charge in [-0.2, -0.15) is 5.26 Å². The number of nitriles is 1. The van der Waals surface area contributed by atoms with Gasteiger partial charge in [0.15, 0.2) is 5.78 Å². The van der Waals surface area contributed by atoms with E-state index in [2.05, 4.69) is 21.2 Å². The van der Waals surface area contributed by atoms with Gasteiger partial charge in [0, 0.05) is 10.0 Å². The van der Waals surface area contributed by atoms with Crippen molar-refractivity contribution < 1.29 is 14.0 Å². The lowest BCUT2D eigenvalue weighted by molar-refractivity contribution is 0.101. The molecule has 2 aromatic rings. The van der Waals surface area contributed by atoms with Gasteiger partial charge in [0.25, 0.3) is 5.91 Å². The number of nitrogens with zero attached hydrogens (tertiary/aromatic N) is 1. The molecule has 0 bridgehead atoms. The topological polar surface area (TPSA) is 83.1 Å². The Balaban J connectivity index is 2.34. The number of ketones is 1. The van der Waals surface area contributed by atoms with Gasteiger partial charge in [-0.1, -0.05) is 15.9 Å². The third-order valence-electron chi connectivity index (χ3n) is 2.88. The zero-order chi connectivity index (χ0) is 15.6. The normalized spacial score (nSPS) is 10.0. The summed E-state index contributed by atoms with van der Waals surface area (Å²) >= 11 is 3.28. The summed E-state index contributed by atoms with van der Waals surface area (Å²) in [6, 6.07) is 8.62. The van der Waals surface area contributed by atoms with Crippen LogP contribution in [0.25, 0.3) is 0 Å². The molecule has 0 radical (unpaired) electrons. The Kier molecular flexibility index (Phi) is 4.24. The minimum absolute atomic E-state index is 0.00637. The molecule has 0 unspecified atom stereocenters. The highest BCUT2D eigenvalue weighted by molar-refractivity contribution is 9.10. The summed E-state index contributed by atoms with van der Waals surface area (Å²) in [4.78, 5) is 23.6. The second-order valence-electron chi connectivity index (χ2n) is 4.37. The van der Waals surface area contributed by atoms with Crippen molar-refractivity contribution in [2.45, 2.75) is 13.8 Å². The van der Waals surface area contributed by atoms with E-state index in [9.17, 15) is 9.59 Å². The molecular formula is C15H11BrN2O3. The van der Waals surface area contributed by atoms with Crippen LogP contribution in [0.4, 0.5) is 5.88 Å². The van der Waals surface area contributed by atoms with E-state index in [0.29, 0.717) is 11.3 Å². The van der Waals surface area contributed by atoms with E-state index in [4.69, 9.17) is 9.68 Å². The van der Waals surface area contributed by atoms with Gasteiger partial charge in [-0.25, -0.2) is 0 Å².